The fraction of sp³-hybridized carbons (Fsp3) is 0.850. The number of esters is 2. The summed E-state index contributed by atoms with van der Waals surface area (Å²) < 4.78 is 64.8. The van der Waals surface area contributed by atoms with Gasteiger partial charge >= 0.3 is 11.9 Å². The van der Waals surface area contributed by atoms with E-state index in [1.54, 1.807) is 0 Å². The summed E-state index contributed by atoms with van der Waals surface area (Å²) in [5.74, 6) is -6.08. The van der Waals surface area contributed by atoms with Crippen LogP contribution in [0.25, 0.3) is 0 Å². The van der Waals surface area contributed by atoms with Gasteiger partial charge in [0, 0.05) is 25.7 Å². The van der Waals surface area contributed by atoms with Crippen molar-refractivity contribution in [1.29, 1.82) is 0 Å². The van der Waals surface area contributed by atoms with Gasteiger partial charge in [0.15, 0.2) is 0 Å². The molecule has 50 heavy (non-hydrogen) atoms. The Morgan fingerprint density at radius 1 is 0.540 bits per heavy atom. The van der Waals surface area contributed by atoms with E-state index >= 15 is 0 Å². The van der Waals surface area contributed by atoms with Gasteiger partial charge in [0.25, 0.3) is 11.8 Å². The second kappa shape index (κ2) is 31.8. The molecule has 0 spiro atoms. The molecular weight excluding hydrogens is 648 g/mol. The van der Waals surface area contributed by atoms with Crippen molar-refractivity contribution < 1.29 is 36.6 Å². The molecule has 0 N–H and O–H groups in total. The Morgan fingerprint density at radius 2 is 0.900 bits per heavy atom. The van der Waals surface area contributed by atoms with Gasteiger partial charge in [-0.2, -0.15) is 0 Å². The summed E-state index contributed by atoms with van der Waals surface area (Å²) in [6, 6.07) is 0. The maximum absolute atomic E-state index is 13.6. The van der Waals surface area contributed by atoms with E-state index in [0.29, 0.717) is 38.5 Å². The molecular formula is C40H72F4N2O4. The third kappa shape index (κ3) is 33.2. The number of halogens is 4. The highest BCUT2D eigenvalue weighted by Crippen LogP contribution is 2.24. The molecule has 0 bridgehead atoms. The first-order valence-electron chi connectivity index (χ1n) is 19.7. The Labute approximate surface area is 302 Å². The smallest absolute Gasteiger partial charge is 0.305 e. The summed E-state index contributed by atoms with van der Waals surface area (Å²) in [6.07, 6.45) is 20.7. The van der Waals surface area contributed by atoms with Crippen LogP contribution in [0.4, 0.5) is 17.6 Å². The standard InChI is InChI=1S/C40H72F4N2O4/c1-5-7-27-39(41,42)29-17-23-35-49-37(47)25-15-11-9-13-19-32-46(34-22-21-31-45(3)4)33-20-14-10-12-16-26-38(48)50-36-24-18-30-40(43,44)28-8-6-2/h17-18,29-30H,5-16,19-28,31-36H2,1-4H3. The van der Waals surface area contributed by atoms with Crippen LogP contribution in [-0.2, 0) is 19.1 Å². The minimum atomic E-state index is -2.79. The Bertz CT molecular complexity index is 821. The van der Waals surface area contributed by atoms with Gasteiger partial charge in [-0.05, 0) is 117 Å². The van der Waals surface area contributed by atoms with Crippen molar-refractivity contribution in [3.8, 4) is 0 Å². The highest BCUT2D eigenvalue weighted by Gasteiger charge is 2.24. The zero-order valence-corrected chi connectivity index (χ0v) is 32.1. The number of nitrogens with zero attached hydrogens (tertiary/aromatic N) is 2. The molecule has 0 aromatic carbocycles. The lowest BCUT2D eigenvalue weighted by Crippen LogP contribution is -2.28. The topological polar surface area (TPSA) is 59.1 Å². The van der Waals surface area contributed by atoms with E-state index < -0.39 is 11.8 Å². The van der Waals surface area contributed by atoms with E-state index in [9.17, 15) is 27.2 Å². The van der Waals surface area contributed by atoms with E-state index in [-0.39, 0.29) is 38.0 Å². The van der Waals surface area contributed by atoms with Crippen molar-refractivity contribution in [2.75, 3.05) is 53.5 Å². The molecule has 0 atom stereocenters. The number of rotatable bonds is 35. The maximum atomic E-state index is 13.6. The van der Waals surface area contributed by atoms with Gasteiger partial charge in [-0.25, -0.2) is 17.6 Å². The first-order valence-corrected chi connectivity index (χ1v) is 19.7. The molecule has 0 amide bonds. The lowest BCUT2D eigenvalue weighted by molar-refractivity contribution is -0.144. The SMILES string of the molecule is CCCCC(F)(F)C=CCCOC(=O)CCCCCCCN(CCCCCCCC(=O)OCCC=CC(F)(F)CCCC)CCCCN(C)C. The Hall–Kier alpha value is -1.94. The second-order valence-electron chi connectivity index (χ2n) is 13.9. The van der Waals surface area contributed by atoms with Gasteiger partial charge in [-0.1, -0.05) is 77.4 Å². The number of carbonyl (C=O) groups excluding carboxylic acids is 2. The zero-order chi connectivity index (χ0) is 37.4. The molecule has 0 saturated carbocycles. The predicted octanol–water partition coefficient (Wildman–Crippen LogP) is 10.9. The van der Waals surface area contributed by atoms with E-state index in [1.165, 1.54) is 25.0 Å². The van der Waals surface area contributed by atoms with Gasteiger partial charge in [-0.3, -0.25) is 9.59 Å². The molecule has 0 aromatic heterocycles. The van der Waals surface area contributed by atoms with Crippen molar-refractivity contribution in [3.63, 3.8) is 0 Å². The summed E-state index contributed by atoms with van der Waals surface area (Å²) in [4.78, 5) is 28.7. The van der Waals surface area contributed by atoms with Crippen LogP contribution >= 0.6 is 0 Å². The number of alkyl halides is 4. The molecule has 0 saturated heterocycles. The summed E-state index contributed by atoms with van der Waals surface area (Å²) >= 11 is 0. The van der Waals surface area contributed by atoms with Crippen LogP contribution in [0.2, 0.25) is 0 Å². The fourth-order valence-electron chi connectivity index (χ4n) is 5.50. The van der Waals surface area contributed by atoms with Crippen LogP contribution in [-0.4, -0.2) is 87.1 Å². The summed E-state index contributed by atoms with van der Waals surface area (Å²) in [6.45, 7) is 8.41. The van der Waals surface area contributed by atoms with Crippen molar-refractivity contribution in [2.45, 2.75) is 167 Å². The lowest BCUT2D eigenvalue weighted by Gasteiger charge is -2.23. The molecule has 6 nitrogen and oxygen atoms in total. The average molecular weight is 721 g/mol. The van der Waals surface area contributed by atoms with Crippen molar-refractivity contribution in [3.05, 3.63) is 24.3 Å². The van der Waals surface area contributed by atoms with Crippen LogP contribution in [0, 0.1) is 0 Å². The molecule has 0 aromatic rings. The first kappa shape index (κ1) is 48.1. The minimum absolute atomic E-state index is 0.144. The van der Waals surface area contributed by atoms with Crippen LogP contribution < -0.4 is 0 Å². The monoisotopic (exact) mass is 721 g/mol. The van der Waals surface area contributed by atoms with E-state index in [2.05, 4.69) is 23.9 Å². The number of hydrogen-bond acceptors (Lipinski definition) is 6. The van der Waals surface area contributed by atoms with Gasteiger partial charge in [0.2, 0.25) is 0 Å². The molecule has 10 heteroatoms. The zero-order valence-electron chi connectivity index (χ0n) is 32.1. The number of allylic oxidation sites excluding steroid dienone is 2. The van der Waals surface area contributed by atoms with Crippen molar-refractivity contribution >= 4 is 11.9 Å². The quantitative estimate of drug-likeness (QED) is 0.0281. The number of ether oxygens (including phenoxy) is 2. The van der Waals surface area contributed by atoms with Crippen LogP contribution in [0.15, 0.2) is 24.3 Å². The normalized spacial score (nSPS) is 12.6. The van der Waals surface area contributed by atoms with Gasteiger partial charge in [-0.15, -0.1) is 0 Å². The molecule has 294 valence electrons. The Balaban J connectivity index is 4.07. The third-order valence-corrected chi connectivity index (χ3v) is 8.59. The second-order valence-corrected chi connectivity index (χ2v) is 13.9. The molecule has 0 fully saturated rings. The summed E-state index contributed by atoms with van der Waals surface area (Å²) in [7, 11) is 4.21. The summed E-state index contributed by atoms with van der Waals surface area (Å²) in [5.41, 5.74) is 0. The summed E-state index contributed by atoms with van der Waals surface area (Å²) in [5, 5.41) is 0. The van der Waals surface area contributed by atoms with Gasteiger partial charge in [0.05, 0.1) is 13.2 Å². The molecule has 0 aliphatic rings. The van der Waals surface area contributed by atoms with E-state index in [0.717, 1.165) is 115 Å². The molecule has 0 unspecified atom stereocenters. The molecule has 0 aliphatic heterocycles. The first-order chi connectivity index (χ1) is 23.9. The number of carbonyl (C=O) groups is 2. The minimum Gasteiger partial charge on any atom is -0.465 e. The third-order valence-electron chi connectivity index (χ3n) is 8.59. The molecule has 0 rings (SSSR count). The average Bonchev–Trinajstić information content (AvgIpc) is 3.06. The van der Waals surface area contributed by atoms with Crippen molar-refractivity contribution in [2.24, 2.45) is 0 Å². The van der Waals surface area contributed by atoms with E-state index in [1.807, 2.05) is 13.8 Å². The predicted molar refractivity (Wildman–Crippen MR) is 198 cm³/mol. The van der Waals surface area contributed by atoms with Gasteiger partial charge in [0.1, 0.15) is 0 Å². The van der Waals surface area contributed by atoms with Crippen molar-refractivity contribution in [1.82, 2.24) is 9.80 Å². The van der Waals surface area contributed by atoms with Crippen LogP contribution in [0.3, 0.4) is 0 Å². The van der Waals surface area contributed by atoms with Crippen LogP contribution in [0.5, 0.6) is 0 Å². The van der Waals surface area contributed by atoms with Gasteiger partial charge < -0.3 is 19.3 Å². The van der Waals surface area contributed by atoms with Crippen LogP contribution in [0.1, 0.15) is 155 Å². The fourth-order valence-corrected chi connectivity index (χ4v) is 5.50. The lowest BCUT2D eigenvalue weighted by atomic mass is 10.1. The molecule has 0 aliphatic carbocycles. The highest BCUT2D eigenvalue weighted by molar-refractivity contribution is 5.69. The number of unbranched alkanes of at least 4 members (excludes halogenated alkanes) is 11. The number of hydrogen-bond donors (Lipinski definition) is 0. The largest absolute Gasteiger partial charge is 0.465 e. The Kier molecular flexibility index (Phi) is 30.5. The maximum Gasteiger partial charge on any atom is 0.305 e. The molecule has 0 heterocycles. The van der Waals surface area contributed by atoms with E-state index in [4.69, 9.17) is 9.47 Å². The molecule has 0 radical (unpaired) electrons. The highest BCUT2D eigenvalue weighted by atomic mass is 19.3. The Morgan fingerprint density at radius 3 is 1.30 bits per heavy atom.